The third-order valence-electron chi connectivity index (χ3n) is 4.69. The summed E-state index contributed by atoms with van der Waals surface area (Å²) in [6, 6.07) is 31.9. The zero-order chi connectivity index (χ0) is 22.6. The summed E-state index contributed by atoms with van der Waals surface area (Å²) in [6.45, 7) is 0. The van der Waals surface area contributed by atoms with Crippen LogP contribution in [-0.4, -0.2) is 8.42 Å². The summed E-state index contributed by atoms with van der Waals surface area (Å²) >= 11 is 0. The molecule has 4 rings (SSSR count). The van der Waals surface area contributed by atoms with Crippen molar-refractivity contribution < 1.29 is 8.42 Å². The number of rotatable bonds is 7. The van der Waals surface area contributed by atoms with E-state index in [0.717, 1.165) is 0 Å². The Morgan fingerprint density at radius 2 is 0.781 bits per heavy atom. The van der Waals surface area contributed by atoms with E-state index in [-0.39, 0.29) is 0 Å². The van der Waals surface area contributed by atoms with Crippen LogP contribution in [0.4, 0.5) is 0 Å². The molecule has 2 unspecified atom stereocenters. The highest BCUT2D eigenvalue weighted by Crippen LogP contribution is 2.44. The third-order valence-corrected chi connectivity index (χ3v) is 11.3. The number of nitrogens with one attached hydrogen (secondary N) is 2. The van der Waals surface area contributed by atoms with Crippen LogP contribution in [0.15, 0.2) is 139 Å². The molecule has 0 aromatic heterocycles. The SMILES string of the molecule is N=S(=O)(c1ccccc1)c1ccccc1SSc1ccccc1S(=N)(=O)c1ccccc1. The molecule has 0 spiro atoms. The van der Waals surface area contributed by atoms with E-state index in [1.807, 2.05) is 36.4 Å². The van der Waals surface area contributed by atoms with Crippen molar-refractivity contribution in [3.05, 3.63) is 109 Å². The Hall–Kier alpha value is -2.52. The highest BCUT2D eigenvalue weighted by Gasteiger charge is 2.20. The van der Waals surface area contributed by atoms with Crippen molar-refractivity contribution in [3.63, 3.8) is 0 Å². The van der Waals surface area contributed by atoms with Gasteiger partial charge in [0.25, 0.3) is 0 Å². The molecule has 4 nitrogen and oxygen atoms in total. The zero-order valence-electron chi connectivity index (χ0n) is 16.8. The van der Waals surface area contributed by atoms with Gasteiger partial charge in [0.15, 0.2) is 0 Å². The Kier molecular flexibility index (Phi) is 6.76. The van der Waals surface area contributed by atoms with Crippen LogP contribution in [0.3, 0.4) is 0 Å². The number of hydrogen-bond donors (Lipinski definition) is 2. The van der Waals surface area contributed by atoms with Gasteiger partial charge in [-0.2, -0.15) is 0 Å². The molecule has 4 aromatic rings. The molecule has 0 saturated carbocycles. The molecule has 0 amide bonds. The summed E-state index contributed by atoms with van der Waals surface area (Å²) in [5.41, 5.74) is 0. The lowest BCUT2D eigenvalue weighted by Gasteiger charge is -2.14. The molecule has 32 heavy (non-hydrogen) atoms. The van der Waals surface area contributed by atoms with Crippen LogP contribution in [0, 0.1) is 9.56 Å². The Balaban J connectivity index is 1.68. The summed E-state index contributed by atoms with van der Waals surface area (Å²) in [7, 11) is -3.65. The van der Waals surface area contributed by atoms with Gasteiger partial charge in [-0.05, 0) is 48.5 Å². The molecule has 0 aliphatic rings. The molecule has 0 aliphatic heterocycles. The Labute approximate surface area is 196 Å². The van der Waals surface area contributed by atoms with Crippen molar-refractivity contribution in [2.45, 2.75) is 29.4 Å². The van der Waals surface area contributed by atoms with Crippen LogP contribution >= 0.6 is 21.6 Å². The van der Waals surface area contributed by atoms with E-state index >= 15 is 0 Å². The van der Waals surface area contributed by atoms with E-state index in [2.05, 4.69) is 0 Å². The van der Waals surface area contributed by atoms with Gasteiger partial charge in [0.05, 0.1) is 19.6 Å². The van der Waals surface area contributed by atoms with Crippen LogP contribution in [-0.2, 0) is 19.5 Å². The van der Waals surface area contributed by atoms with Gasteiger partial charge in [0.1, 0.15) is 19.5 Å². The summed E-state index contributed by atoms with van der Waals surface area (Å²) in [5.74, 6) is 0. The monoisotopic (exact) mass is 496 g/mol. The second-order valence-corrected chi connectivity index (χ2v) is 13.1. The minimum absolute atomic E-state index is 0.441. The second-order valence-electron chi connectivity index (χ2n) is 6.80. The van der Waals surface area contributed by atoms with Crippen molar-refractivity contribution in [2.24, 2.45) is 0 Å². The van der Waals surface area contributed by atoms with Crippen molar-refractivity contribution in [3.8, 4) is 0 Å². The maximum Gasteiger partial charge on any atom is 0.102 e. The molecule has 0 radical (unpaired) electrons. The smallest absolute Gasteiger partial charge is 0.102 e. The van der Waals surface area contributed by atoms with E-state index in [9.17, 15) is 8.42 Å². The molecule has 2 N–H and O–H groups in total. The Morgan fingerprint density at radius 3 is 1.16 bits per heavy atom. The van der Waals surface area contributed by atoms with Gasteiger partial charge < -0.3 is 0 Å². The van der Waals surface area contributed by atoms with Gasteiger partial charge in [-0.1, -0.05) is 82.3 Å². The largest absolute Gasteiger partial charge is 0.245 e. The fourth-order valence-electron chi connectivity index (χ4n) is 3.08. The third kappa shape index (κ3) is 4.63. The maximum absolute atomic E-state index is 13.4. The van der Waals surface area contributed by atoms with Crippen molar-refractivity contribution >= 4 is 41.0 Å². The van der Waals surface area contributed by atoms with Gasteiger partial charge in [-0.15, -0.1) is 0 Å². The lowest BCUT2D eigenvalue weighted by molar-refractivity contribution is 0.672. The minimum Gasteiger partial charge on any atom is -0.245 e. The van der Waals surface area contributed by atoms with Gasteiger partial charge in [-0.3, -0.25) is 0 Å². The van der Waals surface area contributed by atoms with Gasteiger partial charge in [0.2, 0.25) is 0 Å². The van der Waals surface area contributed by atoms with Crippen LogP contribution < -0.4 is 0 Å². The first kappa shape index (κ1) is 22.7. The van der Waals surface area contributed by atoms with E-state index in [1.165, 1.54) is 21.6 Å². The molecule has 4 aromatic carbocycles. The normalized spacial score (nSPS) is 14.9. The minimum atomic E-state index is -3.18. The molecule has 0 fully saturated rings. The first-order valence-electron chi connectivity index (χ1n) is 9.61. The first-order valence-corrected chi connectivity index (χ1v) is 14.9. The number of benzene rings is 4. The van der Waals surface area contributed by atoms with Gasteiger partial charge in [0, 0.05) is 9.79 Å². The van der Waals surface area contributed by atoms with Gasteiger partial charge >= 0.3 is 0 Å². The topological polar surface area (TPSA) is 81.8 Å². The van der Waals surface area contributed by atoms with E-state index in [1.54, 1.807) is 72.8 Å². The van der Waals surface area contributed by atoms with Crippen molar-refractivity contribution in [1.82, 2.24) is 0 Å². The lowest BCUT2D eigenvalue weighted by Crippen LogP contribution is -2.02. The molecule has 2 atom stereocenters. The predicted molar refractivity (Wildman–Crippen MR) is 132 cm³/mol. The molecule has 0 bridgehead atoms. The molecule has 0 aliphatic carbocycles. The Bertz CT molecular complexity index is 1320. The predicted octanol–water partition coefficient (Wildman–Crippen LogP) is 7.42. The van der Waals surface area contributed by atoms with Crippen LogP contribution in [0.2, 0.25) is 0 Å². The number of hydrogen-bond acceptors (Lipinski definition) is 6. The summed E-state index contributed by atoms with van der Waals surface area (Å²) < 4.78 is 44.0. The van der Waals surface area contributed by atoms with Crippen LogP contribution in [0.1, 0.15) is 0 Å². The maximum atomic E-state index is 13.4. The zero-order valence-corrected chi connectivity index (χ0v) is 20.1. The summed E-state index contributed by atoms with van der Waals surface area (Å²) in [6.07, 6.45) is 0. The fraction of sp³-hybridized carbons (Fsp3) is 0. The molecular weight excluding hydrogens is 477 g/mol. The fourth-order valence-corrected chi connectivity index (χ4v) is 9.34. The molecular formula is C24H20N2O2S4. The van der Waals surface area contributed by atoms with E-state index < -0.39 is 19.5 Å². The second kappa shape index (κ2) is 9.54. The van der Waals surface area contributed by atoms with Crippen molar-refractivity contribution in [2.75, 3.05) is 0 Å². The van der Waals surface area contributed by atoms with E-state index in [0.29, 0.717) is 29.4 Å². The first-order chi connectivity index (χ1) is 15.4. The molecule has 0 heterocycles. The molecule has 8 heteroatoms. The highest BCUT2D eigenvalue weighted by molar-refractivity contribution is 8.76. The van der Waals surface area contributed by atoms with Crippen LogP contribution in [0.25, 0.3) is 0 Å². The average molecular weight is 497 g/mol. The van der Waals surface area contributed by atoms with Gasteiger partial charge in [-0.25, -0.2) is 18.0 Å². The molecule has 162 valence electrons. The van der Waals surface area contributed by atoms with Crippen LogP contribution in [0.5, 0.6) is 0 Å². The highest BCUT2D eigenvalue weighted by atomic mass is 33.1. The Morgan fingerprint density at radius 1 is 0.469 bits per heavy atom. The van der Waals surface area contributed by atoms with Crippen molar-refractivity contribution in [1.29, 1.82) is 9.56 Å². The summed E-state index contributed by atoms with van der Waals surface area (Å²) in [4.78, 5) is 3.19. The average Bonchev–Trinajstić information content (AvgIpc) is 2.84. The standard InChI is InChI=1S/C24H20N2O2S4/c25-31(27,19-11-3-1-4-12-19)23-17-9-7-15-21(23)29-30-22-16-8-10-18-24(22)32(26,28)20-13-5-2-6-14-20/h1-18,25-26H. The summed E-state index contributed by atoms with van der Waals surface area (Å²) in [5, 5.41) is 0. The lowest BCUT2D eigenvalue weighted by atomic mass is 10.4. The van der Waals surface area contributed by atoms with E-state index in [4.69, 9.17) is 9.56 Å². The molecule has 0 saturated heterocycles. The quantitative estimate of drug-likeness (QED) is 0.261.